The van der Waals surface area contributed by atoms with Crippen molar-refractivity contribution in [1.29, 1.82) is 0 Å². The molecule has 0 atom stereocenters. The highest BCUT2D eigenvalue weighted by molar-refractivity contribution is 9.10. The van der Waals surface area contributed by atoms with Gasteiger partial charge < -0.3 is 10.5 Å². The maximum absolute atomic E-state index is 13.8. The quantitative estimate of drug-likeness (QED) is 0.764. The zero-order chi connectivity index (χ0) is 15.1. The normalized spacial score (nSPS) is 11.0. The van der Waals surface area contributed by atoms with E-state index in [1.54, 1.807) is 10.6 Å². The van der Waals surface area contributed by atoms with Gasteiger partial charge in [-0.05, 0) is 30.7 Å². The smallest absolute Gasteiger partial charge is 0.205 e. The standard InChI is InChI=1S/C15H13BrFN3O/c1-8-5-9(16)3-4-12(8)20-13-7-14(21-2)10(17)6-11(13)19-15(20)18/h3-7H,1-2H3,(H2,18,19). The van der Waals surface area contributed by atoms with E-state index >= 15 is 0 Å². The van der Waals surface area contributed by atoms with E-state index in [-0.39, 0.29) is 5.75 Å². The van der Waals surface area contributed by atoms with Crippen LogP contribution in [0.25, 0.3) is 16.7 Å². The van der Waals surface area contributed by atoms with Crippen molar-refractivity contribution in [2.75, 3.05) is 12.8 Å². The Bertz CT molecular complexity index is 845. The number of nitrogen functional groups attached to an aromatic ring is 1. The molecule has 0 aliphatic heterocycles. The van der Waals surface area contributed by atoms with Gasteiger partial charge in [0.25, 0.3) is 0 Å². The lowest BCUT2D eigenvalue weighted by Gasteiger charge is -2.11. The summed E-state index contributed by atoms with van der Waals surface area (Å²) in [5.41, 5.74) is 9.13. The Kier molecular flexibility index (Phi) is 3.33. The predicted molar refractivity (Wildman–Crippen MR) is 84.4 cm³/mol. The summed E-state index contributed by atoms with van der Waals surface area (Å²) in [7, 11) is 1.43. The Balaban J connectivity index is 2.33. The molecule has 108 valence electrons. The van der Waals surface area contributed by atoms with Crippen LogP contribution in [-0.4, -0.2) is 16.7 Å². The van der Waals surface area contributed by atoms with Crippen molar-refractivity contribution >= 4 is 32.9 Å². The number of benzene rings is 2. The summed E-state index contributed by atoms with van der Waals surface area (Å²) in [6.07, 6.45) is 0. The van der Waals surface area contributed by atoms with Crippen LogP contribution in [-0.2, 0) is 0 Å². The average molecular weight is 350 g/mol. The van der Waals surface area contributed by atoms with Gasteiger partial charge in [0.2, 0.25) is 5.95 Å². The van der Waals surface area contributed by atoms with E-state index in [4.69, 9.17) is 10.5 Å². The molecule has 0 fully saturated rings. The number of aryl methyl sites for hydroxylation is 1. The zero-order valence-corrected chi connectivity index (χ0v) is 13.1. The number of methoxy groups -OCH3 is 1. The first-order valence-corrected chi connectivity index (χ1v) is 7.08. The number of anilines is 1. The Morgan fingerprint density at radius 1 is 1.29 bits per heavy atom. The van der Waals surface area contributed by atoms with Crippen molar-refractivity contribution in [3.05, 3.63) is 46.2 Å². The third kappa shape index (κ3) is 2.25. The van der Waals surface area contributed by atoms with Crippen molar-refractivity contribution in [3.8, 4) is 11.4 Å². The molecule has 1 aromatic heterocycles. The lowest BCUT2D eigenvalue weighted by molar-refractivity contribution is 0.387. The van der Waals surface area contributed by atoms with E-state index in [1.165, 1.54) is 13.2 Å². The second-order valence-corrected chi connectivity index (χ2v) is 5.63. The van der Waals surface area contributed by atoms with Crippen LogP contribution in [0.15, 0.2) is 34.8 Å². The third-order valence-corrected chi connectivity index (χ3v) is 3.85. The van der Waals surface area contributed by atoms with E-state index < -0.39 is 5.82 Å². The van der Waals surface area contributed by atoms with Crippen LogP contribution in [0.2, 0.25) is 0 Å². The van der Waals surface area contributed by atoms with Crippen LogP contribution in [0.5, 0.6) is 5.75 Å². The number of halogens is 2. The number of rotatable bonds is 2. The Morgan fingerprint density at radius 2 is 2.05 bits per heavy atom. The van der Waals surface area contributed by atoms with E-state index in [1.807, 2.05) is 25.1 Å². The van der Waals surface area contributed by atoms with Gasteiger partial charge in [-0.25, -0.2) is 9.37 Å². The molecular weight excluding hydrogens is 337 g/mol. The summed E-state index contributed by atoms with van der Waals surface area (Å²) in [6, 6.07) is 8.78. The van der Waals surface area contributed by atoms with Gasteiger partial charge in [0.1, 0.15) is 0 Å². The summed E-state index contributed by atoms with van der Waals surface area (Å²) >= 11 is 3.43. The van der Waals surface area contributed by atoms with Crippen molar-refractivity contribution in [2.24, 2.45) is 0 Å². The fourth-order valence-electron chi connectivity index (χ4n) is 2.38. The summed E-state index contributed by atoms with van der Waals surface area (Å²) in [6.45, 7) is 1.98. The number of nitrogens with zero attached hydrogens (tertiary/aromatic N) is 2. The molecule has 0 aliphatic rings. The topological polar surface area (TPSA) is 53.1 Å². The fourth-order valence-corrected chi connectivity index (χ4v) is 2.85. The maximum Gasteiger partial charge on any atom is 0.205 e. The highest BCUT2D eigenvalue weighted by atomic mass is 79.9. The molecule has 4 nitrogen and oxygen atoms in total. The lowest BCUT2D eigenvalue weighted by atomic mass is 10.2. The maximum atomic E-state index is 13.8. The molecule has 0 bridgehead atoms. The lowest BCUT2D eigenvalue weighted by Crippen LogP contribution is -2.02. The molecule has 0 radical (unpaired) electrons. The van der Waals surface area contributed by atoms with Crippen molar-refractivity contribution < 1.29 is 9.13 Å². The Morgan fingerprint density at radius 3 is 2.71 bits per heavy atom. The first-order chi connectivity index (χ1) is 10.0. The number of fused-ring (bicyclic) bond motifs is 1. The van der Waals surface area contributed by atoms with Crippen LogP contribution in [0.1, 0.15) is 5.56 Å². The molecule has 0 aliphatic carbocycles. The van der Waals surface area contributed by atoms with Gasteiger partial charge in [0, 0.05) is 16.6 Å². The third-order valence-electron chi connectivity index (χ3n) is 3.35. The molecule has 0 spiro atoms. The molecule has 6 heteroatoms. The van der Waals surface area contributed by atoms with Gasteiger partial charge in [-0.3, -0.25) is 4.57 Å². The molecule has 0 amide bonds. The van der Waals surface area contributed by atoms with Crippen molar-refractivity contribution in [3.63, 3.8) is 0 Å². The van der Waals surface area contributed by atoms with Gasteiger partial charge in [0.05, 0.1) is 23.8 Å². The van der Waals surface area contributed by atoms with Crippen LogP contribution >= 0.6 is 15.9 Å². The Hall–Kier alpha value is -2.08. The van der Waals surface area contributed by atoms with Gasteiger partial charge in [-0.15, -0.1) is 0 Å². The fraction of sp³-hybridized carbons (Fsp3) is 0.133. The van der Waals surface area contributed by atoms with Crippen LogP contribution in [0.3, 0.4) is 0 Å². The molecule has 1 heterocycles. The molecule has 2 N–H and O–H groups in total. The molecule has 21 heavy (non-hydrogen) atoms. The van der Waals surface area contributed by atoms with E-state index in [0.717, 1.165) is 15.7 Å². The number of aromatic nitrogens is 2. The minimum absolute atomic E-state index is 0.165. The van der Waals surface area contributed by atoms with Crippen LogP contribution in [0, 0.1) is 12.7 Å². The minimum Gasteiger partial charge on any atom is -0.494 e. The monoisotopic (exact) mass is 349 g/mol. The highest BCUT2D eigenvalue weighted by Gasteiger charge is 2.15. The molecule has 0 unspecified atom stereocenters. The van der Waals surface area contributed by atoms with Crippen molar-refractivity contribution in [2.45, 2.75) is 6.92 Å². The minimum atomic E-state index is -0.456. The van der Waals surface area contributed by atoms with E-state index in [2.05, 4.69) is 20.9 Å². The highest BCUT2D eigenvalue weighted by Crippen LogP contribution is 2.30. The summed E-state index contributed by atoms with van der Waals surface area (Å²) in [5, 5.41) is 0. The second-order valence-electron chi connectivity index (χ2n) is 4.71. The SMILES string of the molecule is COc1cc2c(cc1F)nc(N)n2-c1ccc(Br)cc1C. The molecular formula is C15H13BrFN3O. The number of hydrogen-bond donors (Lipinski definition) is 1. The number of imidazole rings is 1. The number of ether oxygens (including phenoxy) is 1. The first kappa shape index (κ1) is 13.9. The zero-order valence-electron chi connectivity index (χ0n) is 11.5. The van der Waals surface area contributed by atoms with Crippen LogP contribution in [0.4, 0.5) is 10.3 Å². The van der Waals surface area contributed by atoms with Gasteiger partial charge >= 0.3 is 0 Å². The molecule has 3 rings (SSSR count). The van der Waals surface area contributed by atoms with Gasteiger partial charge in [-0.1, -0.05) is 15.9 Å². The average Bonchev–Trinajstić information content (AvgIpc) is 2.73. The summed E-state index contributed by atoms with van der Waals surface area (Å²) < 4.78 is 21.6. The molecule has 0 saturated carbocycles. The number of nitrogens with two attached hydrogens (primary N) is 1. The summed E-state index contributed by atoms with van der Waals surface area (Å²) in [5.74, 6) is 0.0173. The largest absolute Gasteiger partial charge is 0.494 e. The molecule has 3 aromatic rings. The molecule has 0 saturated heterocycles. The Labute approximate surface area is 129 Å². The van der Waals surface area contributed by atoms with E-state index in [9.17, 15) is 4.39 Å². The van der Waals surface area contributed by atoms with Gasteiger partial charge in [-0.2, -0.15) is 0 Å². The first-order valence-electron chi connectivity index (χ1n) is 6.29. The van der Waals surface area contributed by atoms with Gasteiger partial charge in [0.15, 0.2) is 11.6 Å². The van der Waals surface area contributed by atoms with E-state index in [0.29, 0.717) is 17.0 Å². The molecule has 2 aromatic carbocycles. The summed E-state index contributed by atoms with van der Waals surface area (Å²) in [4.78, 5) is 4.22. The number of hydrogen-bond acceptors (Lipinski definition) is 3. The van der Waals surface area contributed by atoms with Crippen molar-refractivity contribution in [1.82, 2.24) is 9.55 Å². The second kappa shape index (κ2) is 5.04. The predicted octanol–water partition coefficient (Wildman–Crippen LogP) is 3.83. The van der Waals surface area contributed by atoms with Crippen LogP contribution < -0.4 is 10.5 Å².